The molecule has 1 nitrogen and oxygen atoms in total. The van der Waals surface area contributed by atoms with E-state index in [4.69, 9.17) is 0 Å². The van der Waals surface area contributed by atoms with Gasteiger partial charge in [0, 0.05) is 18.5 Å². The Morgan fingerprint density at radius 1 is 1.06 bits per heavy atom. The minimum atomic E-state index is -2.36. The van der Waals surface area contributed by atoms with Crippen molar-refractivity contribution in [2.75, 3.05) is 13.1 Å². The normalized spacial score (nSPS) is 47.2. The van der Waals surface area contributed by atoms with Crippen LogP contribution in [0.4, 0.5) is 8.78 Å². The van der Waals surface area contributed by atoms with Crippen LogP contribution in [-0.2, 0) is 0 Å². The lowest BCUT2D eigenvalue weighted by Gasteiger charge is -2.39. The maximum atomic E-state index is 13.8. The maximum Gasteiger partial charge on any atom is 0.255 e. The SMILES string of the molecule is CC(C)C[C@]12C[C@]3(CN1CCC21CC1)CC3(F)F. The van der Waals surface area contributed by atoms with Crippen LogP contribution in [0.15, 0.2) is 0 Å². The molecule has 0 aromatic carbocycles. The van der Waals surface area contributed by atoms with Gasteiger partial charge in [-0.25, -0.2) is 8.78 Å². The van der Waals surface area contributed by atoms with Crippen molar-refractivity contribution in [3.63, 3.8) is 0 Å². The Balaban J connectivity index is 1.70. The van der Waals surface area contributed by atoms with Crippen LogP contribution < -0.4 is 0 Å². The summed E-state index contributed by atoms with van der Waals surface area (Å²) in [7, 11) is 0. The Morgan fingerprint density at radius 2 is 1.72 bits per heavy atom. The number of alkyl halides is 2. The summed E-state index contributed by atoms with van der Waals surface area (Å²) in [5, 5.41) is 0. The third-order valence-electron chi connectivity index (χ3n) is 6.39. The molecular formula is C15H23F2N. The Morgan fingerprint density at radius 3 is 2.22 bits per heavy atom. The molecule has 4 fully saturated rings. The van der Waals surface area contributed by atoms with Gasteiger partial charge in [-0.1, -0.05) is 13.8 Å². The number of hydrogen-bond acceptors (Lipinski definition) is 1. The summed E-state index contributed by atoms with van der Waals surface area (Å²) in [5.41, 5.74) is -0.0571. The van der Waals surface area contributed by atoms with Crippen molar-refractivity contribution in [1.29, 1.82) is 0 Å². The van der Waals surface area contributed by atoms with Crippen molar-refractivity contribution < 1.29 is 8.78 Å². The van der Waals surface area contributed by atoms with Crippen LogP contribution in [0.1, 0.15) is 52.4 Å². The topological polar surface area (TPSA) is 3.24 Å². The maximum absolute atomic E-state index is 13.8. The van der Waals surface area contributed by atoms with Crippen molar-refractivity contribution in [2.24, 2.45) is 16.7 Å². The first-order chi connectivity index (χ1) is 8.35. The van der Waals surface area contributed by atoms with Crippen molar-refractivity contribution in [1.82, 2.24) is 4.90 Å². The van der Waals surface area contributed by atoms with Gasteiger partial charge in [-0.15, -0.1) is 0 Å². The predicted octanol–water partition coefficient (Wildman–Crippen LogP) is 3.69. The molecule has 2 atom stereocenters. The lowest BCUT2D eigenvalue weighted by atomic mass is 9.72. The van der Waals surface area contributed by atoms with E-state index in [9.17, 15) is 8.78 Å². The molecule has 2 saturated carbocycles. The lowest BCUT2D eigenvalue weighted by Crippen LogP contribution is -2.45. The standard InChI is InChI=1S/C15H23F2N/c1-11(2)7-14-8-13(9-15(13,16)17)10-18(14)6-5-12(14)3-4-12/h11H,3-10H2,1-2H3/t13-,14-/m1/s1. The predicted molar refractivity (Wildman–Crippen MR) is 66.7 cm³/mol. The van der Waals surface area contributed by atoms with E-state index in [1.807, 2.05) is 0 Å². The molecule has 0 unspecified atom stereocenters. The van der Waals surface area contributed by atoms with Crippen molar-refractivity contribution in [3.05, 3.63) is 0 Å². The highest BCUT2D eigenvalue weighted by Gasteiger charge is 2.81. The van der Waals surface area contributed by atoms with Crippen LogP contribution >= 0.6 is 0 Å². The van der Waals surface area contributed by atoms with E-state index < -0.39 is 11.3 Å². The monoisotopic (exact) mass is 255 g/mol. The van der Waals surface area contributed by atoms with E-state index in [1.54, 1.807) is 0 Å². The average molecular weight is 255 g/mol. The zero-order chi connectivity index (χ0) is 12.8. The Bertz CT molecular complexity index is 401. The fourth-order valence-corrected chi connectivity index (χ4v) is 5.35. The minimum Gasteiger partial charge on any atom is -0.296 e. The Kier molecular flexibility index (Phi) is 1.90. The van der Waals surface area contributed by atoms with E-state index in [-0.39, 0.29) is 12.0 Å². The van der Waals surface area contributed by atoms with Gasteiger partial charge in [-0.3, -0.25) is 4.90 Å². The summed E-state index contributed by atoms with van der Waals surface area (Å²) < 4.78 is 27.5. The second kappa shape index (κ2) is 2.94. The van der Waals surface area contributed by atoms with Gasteiger partial charge in [0.05, 0.1) is 5.41 Å². The lowest BCUT2D eigenvalue weighted by molar-refractivity contribution is 0.0629. The number of fused-ring (bicyclic) bond motifs is 2. The van der Waals surface area contributed by atoms with Gasteiger partial charge >= 0.3 is 0 Å². The van der Waals surface area contributed by atoms with Gasteiger partial charge in [0.25, 0.3) is 5.92 Å². The highest BCUT2D eigenvalue weighted by atomic mass is 19.3. The van der Waals surface area contributed by atoms with Crippen LogP contribution in [0, 0.1) is 16.7 Å². The molecule has 0 aromatic rings. The summed E-state index contributed by atoms with van der Waals surface area (Å²) in [6, 6.07) is 0. The number of halogens is 2. The molecule has 0 aromatic heterocycles. The number of hydrogen-bond donors (Lipinski definition) is 0. The molecular weight excluding hydrogens is 232 g/mol. The second-order valence-corrected chi connectivity index (χ2v) is 7.92. The van der Waals surface area contributed by atoms with Gasteiger partial charge in [0.15, 0.2) is 0 Å². The molecule has 18 heavy (non-hydrogen) atoms. The average Bonchev–Trinajstić information content (AvgIpc) is 3.04. The third-order valence-corrected chi connectivity index (χ3v) is 6.39. The summed E-state index contributed by atoms with van der Waals surface area (Å²) in [6.45, 7) is 6.24. The van der Waals surface area contributed by atoms with Gasteiger partial charge < -0.3 is 0 Å². The van der Waals surface area contributed by atoms with E-state index in [1.165, 1.54) is 19.3 Å². The molecule has 0 bridgehead atoms. The number of nitrogens with zero attached hydrogens (tertiary/aromatic N) is 1. The molecule has 2 heterocycles. The van der Waals surface area contributed by atoms with Crippen molar-refractivity contribution >= 4 is 0 Å². The summed E-state index contributed by atoms with van der Waals surface area (Å²) >= 11 is 0. The van der Waals surface area contributed by atoms with Crippen molar-refractivity contribution in [3.8, 4) is 0 Å². The molecule has 0 N–H and O–H groups in total. The zero-order valence-electron chi connectivity index (χ0n) is 11.4. The van der Waals surface area contributed by atoms with Gasteiger partial charge in [-0.2, -0.15) is 0 Å². The first-order valence-corrected chi connectivity index (χ1v) is 7.48. The fraction of sp³-hybridized carbons (Fsp3) is 1.00. The van der Waals surface area contributed by atoms with E-state index >= 15 is 0 Å². The minimum absolute atomic E-state index is 0.140. The highest BCUT2D eigenvalue weighted by Crippen LogP contribution is 2.77. The molecule has 2 saturated heterocycles. The zero-order valence-corrected chi connectivity index (χ0v) is 11.4. The van der Waals surface area contributed by atoms with Gasteiger partial charge in [0.2, 0.25) is 0 Å². The number of rotatable bonds is 2. The van der Waals surface area contributed by atoms with E-state index in [2.05, 4.69) is 18.7 Å². The molecule has 0 amide bonds. The molecule has 102 valence electrons. The Labute approximate surface area is 108 Å². The van der Waals surface area contributed by atoms with Crippen LogP contribution in [-0.4, -0.2) is 29.5 Å². The van der Waals surface area contributed by atoms with E-state index in [0.29, 0.717) is 17.9 Å². The quantitative estimate of drug-likeness (QED) is 0.727. The molecule has 4 aliphatic rings. The molecule has 4 rings (SSSR count). The third kappa shape index (κ3) is 1.16. The summed E-state index contributed by atoms with van der Waals surface area (Å²) in [5.74, 6) is -1.75. The van der Waals surface area contributed by atoms with Crippen LogP contribution in [0.3, 0.4) is 0 Å². The molecule has 2 spiro atoms. The summed E-state index contributed by atoms with van der Waals surface area (Å²) in [4.78, 5) is 2.47. The first-order valence-electron chi connectivity index (χ1n) is 7.48. The molecule has 2 aliphatic carbocycles. The molecule has 2 aliphatic heterocycles. The largest absolute Gasteiger partial charge is 0.296 e. The van der Waals surface area contributed by atoms with Crippen LogP contribution in [0.25, 0.3) is 0 Å². The van der Waals surface area contributed by atoms with Gasteiger partial charge in [-0.05, 0) is 50.0 Å². The fourth-order valence-electron chi connectivity index (χ4n) is 5.35. The first kappa shape index (κ1) is 11.6. The summed E-state index contributed by atoms with van der Waals surface area (Å²) in [6.07, 6.45) is 5.92. The van der Waals surface area contributed by atoms with E-state index in [0.717, 1.165) is 19.4 Å². The van der Waals surface area contributed by atoms with Crippen LogP contribution in [0.5, 0.6) is 0 Å². The molecule has 0 radical (unpaired) electrons. The highest BCUT2D eigenvalue weighted by molar-refractivity contribution is 5.29. The van der Waals surface area contributed by atoms with Crippen molar-refractivity contribution in [2.45, 2.75) is 63.8 Å². The van der Waals surface area contributed by atoms with Crippen LogP contribution in [0.2, 0.25) is 0 Å². The molecule has 3 heteroatoms. The second-order valence-electron chi connectivity index (χ2n) is 7.92. The van der Waals surface area contributed by atoms with Gasteiger partial charge in [0.1, 0.15) is 0 Å². The smallest absolute Gasteiger partial charge is 0.255 e. The Hall–Kier alpha value is -0.180.